The molecule has 1 aliphatic heterocycles. The number of fused-ring (bicyclic) bond motifs is 1. The number of amides is 1. The predicted molar refractivity (Wildman–Crippen MR) is 97.1 cm³/mol. The number of carboxylic acid groups (broad SMARTS) is 1. The van der Waals surface area contributed by atoms with Crippen molar-refractivity contribution in [2.75, 3.05) is 13.2 Å². The van der Waals surface area contributed by atoms with Crippen LogP contribution in [0, 0.1) is 17.2 Å². The number of rotatable bonds is 8. The molecule has 0 fully saturated rings. The molecule has 0 saturated heterocycles. The summed E-state index contributed by atoms with van der Waals surface area (Å²) in [6.45, 7) is 4.37. The van der Waals surface area contributed by atoms with Crippen LogP contribution in [0.3, 0.4) is 0 Å². The Morgan fingerprint density at radius 3 is 2.70 bits per heavy atom. The molecular weight excluding hydrogens is 350 g/mol. The van der Waals surface area contributed by atoms with Gasteiger partial charge in [-0.2, -0.15) is 5.26 Å². The molecule has 8 heteroatoms. The minimum absolute atomic E-state index is 0.0883. The highest BCUT2D eigenvalue weighted by Gasteiger charge is 2.23. The lowest BCUT2D eigenvalue weighted by Crippen LogP contribution is -2.42. The van der Waals surface area contributed by atoms with E-state index in [1.54, 1.807) is 12.1 Å². The van der Waals surface area contributed by atoms with Crippen LogP contribution in [-0.4, -0.2) is 42.3 Å². The summed E-state index contributed by atoms with van der Waals surface area (Å²) in [5, 5.41) is 23.6. The predicted octanol–water partition coefficient (Wildman–Crippen LogP) is 1.44. The fourth-order valence-corrected chi connectivity index (χ4v) is 2.53. The molecule has 1 aromatic carbocycles. The molecule has 1 aromatic rings. The monoisotopic (exact) mass is 373 g/mol. The van der Waals surface area contributed by atoms with Gasteiger partial charge in [0.2, 0.25) is 0 Å². The van der Waals surface area contributed by atoms with Gasteiger partial charge in [-0.05, 0) is 24.5 Å². The SMILES string of the molecule is CC(C)CC(NC(=O)/C(C#N)=C\NCC1COc2ccccc2O1)C(=O)O. The average molecular weight is 373 g/mol. The summed E-state index contributed by atoms with van der Waals surface area (Å²) in [5.74, 6) is -0.467. The second-order valence-electron chi connectivity index (χ2n) is 6.57. The Balaban J connectivity index is 1.89. The molecule has 1 heterocycles. The standard InChI is InChI=1S/C19H23N3O5/c1-12(2)7-15(19(24)25)22-18(23)13(8-20)9-21-10-14-11-26-16-5-3-4-6-17(16)27-14/h3-6,9,12,14-15,21H,7,10-11H2,1-2H3,(H,22,23)(H,24,25)/b13-9-. The van der Waals surface area contributed by atoms with Crippen molar-refractivity contribution in [3.8, 4) is 17.6 Å². The first-order valence-electron chi connectivity index (χ1n) is 8.66. The summed E-state index contributed by atoms with van der Waals surface area (Å²) in [7, 11) is 0. The third-order valence-electron chi connectivity index (χ3n) is 3.84. The van der Waals surface area contributed by atoms with Crippen molar-refractivity contribution in [1.82, 2.24) is 10.6 Å². The third-order valence-corrected chi connectivity index (χ3v) is 3.84. The molecule has 1 aliphatic rings. The Morgan fingerprint density at radius 1 is 1.37 bits per heavy atom. The number of para-hydroxylation sites is 2. The minimum Gasteiger partial charge on any atom is -0.486 e. The topological polar surface area (TPSA) is 121 Å². The van der Waals surface area contributed by atoms with E-state index >= 15 is 0 Å². The maximum atomic E-state index is 12.2. The summed E-state index contributed by atoms with van der Waals surface area (Å²) in [6, 6.07) is 8.04. The van der Waals surface area contributed by atoms with Crippen LogP contribution >= 0.6 is 0 Å². The zero-order valence-corrected chi connectivity index (χ0v) is 15.3. The van der Waals surface area contributed by atoms with Gasteiger partial charge in [-0.1, -0.05) is 26.0 Å². The van der Waals surface area contributed by atoms with Crippen molar-refractivity contribution in [3.05, 3.63) is 36.0 Å². The summed E-state index contributed by atoms with van der Waals surface area (Å²) >= 11 is 0. The highest BCUT2D eigenvalue weighted by molar-refractivity contribution is 5.99. The van der Waals surface area contributed by atoms with E-state index in [0.29, 0.717) is 24.7 Å². The van der Waals surface area contributed by atoms with Crippen molar-refractivity contribution in [2.24, 2.45) is 5.92 Å². The number of nitriles is 1. The first-order chi connectivity index (χ1) is 12.9. The molecule has 2 unspecified atom stereocenters. The summed E-state index contributed by atoms with van der Waals surface area (Å²) in [5.41, 5.74) is -0.206. The van der Waals surface area contributed by atoms with Gasteiger partial charge in [0.25, 0.3) is 5.91 Å². The fourth-order valence-electron chi connectivity index (χ4n) is 2.53. The number of nitrogens with one attached hydrogen (secondary N) is 2. The van der Waals surface area contributed by atoms with Crippen molar-refractivity contribution < 1.29 is 24.2 Å². The maximum Gasteiger partial charge on any atom is 0.326 e. The second kappa shape index (κ2) is 9.48. The number of aliphatic carboxylic acids is 1. The summed E-state index contributed by atoms with van der Waals surface area (Å²) in [6.07, 6.45) is 1.25. The van der Waals surface area contributed by atoms with Crippen molar-refractivity contribution >= 4 is 11.9 Å². The van der Waals surface area contributed by atoms with Crippen LogP contribution in [0.5, 0.6) is 11.5 Å². The number of carboxylic acids is 1. The van der Waals surface area contributed by atoms with Crippen LogP contribution < -0.4 is 20.1 Å². The van der Waals surface area contributed by atoms with E-state index in [0.717, 1.165) is 0 Å². The number of carbonyl (C=O) groups is 2. The van der Waals surface area contributed by atoms with E-state index in [4.69, 9.17) is 9.47 Å². The first kappa shape index (κ1) is 20.1. The number of benzene rings is 1. The van der Waals surface area contributed by atoms with Crippen LogP contribution in [0.25, 0.3) is 0 Å². The second-order valence-corrected chi connectivity index (χ2v) is 6.57. The molecule has 3 N–H and O–H groups in total. The lowest BCUT2D eigenvalue weighted by atomic mass is 10.0. The minimum atomic E-state index is -1.13. The normalized spacial score (nSPS) is 17.0. The average Bonchev–Trinajstić information content (AvgIpc) is 2.64. The molecule has 0 spiro atoms. The molecule has 0 bridgehead atoms. The molecular formula is C19H23N3O5. The number of hydrogen-bond donors (Lipinski definition) is 3. The van der Waals surface area contributed by atoms with Crippen LogP contribution in [0.4, 0.5) is 0 Å². The van der Waals surface area contributed by atoms with E-state index in [-0.39, 0.29) is 24.0 Å². The molecule has 1 amide bonds. The number of hydrogen-bond acceptors (Lipinski definition) is 6. The Labute approximate surface area is 157 Å². The van der Waals surface area contributed by atoms with Gasteiger partial charge in [0.05, 0.1) is 6.54 Å². The molecule has 0 aliphatic carbocycles. The van der Waals surface area contributed by atoms with Crippen LogP contribution in [0.2, 0.25) is 0 Å². The molecule has 0 radical (unpaired) electrons. The highest BCUT2D eigenvalue weighted by atomic mass is 16.6. The molecule has 2 rings (SSSR count). The molecule has 0 saturated carbocycles. The largest absolute Gasteiger partial charge is 0.486 e. The van der Waals surface area contributed by atoms with Gasteiger partial charge < -0.3 is 25.2 Å². The first-order valence-corrected chi connectivity index (χ1v) is 8.66. The van der Waals surface area contributed by atoms with E-state index in [1.165, 1.54) is 6.20 Å². The Bertz CT molecular complexity index is 754. The van der Waals surface area contributed by atoms with Crippen molar-refractivity contribution in [3.63, 3.8) is 0 Å². The van der Waals surface area contributed by atoms with Gasteiger partial charge in [0.15, 0.2) is 11.5 Å². The fraction of sp³-hybridized carbons (Fsp3) is 0.421. The van der Waals surface area contributed by atoms with Gasteiger partial charge >= 0.3 is 5.97 Å². The lowest BCUT2D eigenvalue weighted by molar-refractivity contribution is -0.141. The smallest absolute Gasteiger partial charge is 0.326 e. The molecule has 8 nitrogen and oxygen atoms in total. The molecule has 27 heavy (non-hydrogen) atoms. The van der Waals surface area contributed by atoms with Crippen LogP contribution in [0.15, 0.2) is 36.0 Å². The Hall–Kier alpha value is -3.21. The molecule has 144 valence electrons. The van der Waals surface area contributed by atoms with Gasteiger partial charge in [-0.15, -0.1) is 0 Å². The van der Waals surface area contributed by atoms with Gasteiger partial charge in [0.1, 0.15) is 30.4 Å². The molecule has 0 aromatic heterocycles. The Morgan fingerprint density at radius 2 is 2.07 bits per heavy atom. The van der Waals surface area contributed by atoms with E-state index in [1.807, 2.05) is 32.0 Å². The van der Waals surface area contributed by atoms with E-state index in [2.05, 4.69) is 10.6 Å². The highest BCUT2D eigenvalue weighted by Crippen LogP contribution is 2.30. The zero-order valence-electron chi connectivity index (χ0n) is 15.3. The Kier molecular flexibility index (Phi) is 7.06. The third kappa shape index (κ3) is 5.92. The van der Waals surface area contributed by atoms with Gasteiger partial charge in [-0.3, -0.25) is 4.79 Å². The maximum absolute atomic E-state index is 12.2. The van der Waals surface area contributed by atoms with Crippen LogP contribution in [0.1, 0.15) is 20.3 Å². The van der Waals surface area contributed by atoms with Crippen LogP contribution in [-0.2, 0) is 9.59 Å². The van der Waals surface area contributed by atoms with Crippen molar-refractivity contribution in [2.45, 2.75) is 32.4 Å². The van der Waals surface area contributed by atoms with E-state index < -0.39 is 17.9 Å². The van der Waals surface area contributed by atoms with Gasteiger partial charge in [-0.25, -0.2) is 4.79 Å². The summed E-state index contributed by atoms with van der Waals surface area (Å²) in [4.78, 5) is 23.4. The summed E-state index contributed by atoms with van der Waals surface area (Å²) < 4.78 is 11.4. The molecule has 2 atom stereocenters. The van der Waals surface area contributed by atoms with Crippen molar-refractivity contribution in [1.29, 1.82) is 5.26 Å². The van der Waals surface area contributed by atoms with E-state index in [9.17, 15) is 20.0 Å². The van der Waals surface area contributed by atoms with Gasteiger partial charge in [0, 0.05) is 6.20 Å². The quantitative estimate of drug-likeness (QED) is 0.466. The lowest BCUT2D eigenvalue weighted by Gasteiger charge is -2.26. The number of ether oxygens (including phenoxy) is 2. The zero-order chi connectivity index (χ0) is 19.8. The number of carbonyl (C=O) groups excluding carboxylic acids is 1. The number of nitrogens with zero attached hydrogens (tertiary/aromatic N) is 1.